The third-order valence-corrected chi connectivity index (χ3v) is 4.39. The Balaban J connectivity index is 1.66. The minimum atomic E-state index is -0.213. The van der Waals surface area contributed by atoms with Gasteiger partial charge in [-0.3, -0.25) is 0 Å². The van der Waals surface area contributed by atoms with E-state index in [9.17, 15) is 10.0 Å². The topological polar surface area (TPSA) is 85.3 Å². The van der Waals surface area contributed by atoms with Crippen LogP contribution in [0.2, 0.25) is 5.02 Å². The zero-order chi connectivity index (χ0) is 18.1. The van der Waals surface area contributed by atoms with E-state index in [1.54, 1.807) is 27.4 Å². The van der Waals surface area contributed by atoms with Gasteiger partial charge in [0.05, 0.1) is 24.8 Å². The smallest absolute Gasteiger partial charge is 0.222 e. The van der Waals surface area contributed by atoms with Crippen LogP contribution in [0, 0.1) is 4.91 Å². The van der Waals surface area contributed by atoms with Crippen LogP contribution < -0.4 is 0 Å². The first-order valence-electron chi connectivity index (χ1n) is 7.92. The molecule has 0 spiro atoms. The zero-order valence-electron chi connectivity index (χ0n) is 13.6. The predicted molar refractivity (Wildman–Crippen MR) is 98.7 cm³/mol. The van der Waals surface area contributed by atoms with Crippen molar-refractivity contribution in [1.82, 2.24) is 19.6 Å². The summed E-state index contributed by atoms with van der Waals surface area (Å²) in [6, 6.07) is 15.0. The van der Waals surface area contributed by atoms with Gasteiger partial charge in [0.1, 0.15) is 5.69 Å². The first kappa shape index (κ1) is 16.3. The van der Waals surface area contributed by atoms with E-state index in [0.29, 0.717) is 28.2 Å². The molecule has 4 rings (SSSR count). The third-order valence-electron chi connectivity index (χ3n) is 4.16. The van der Waals surface area contributed by atoms with Crippen molar-refractivity contribution in [3.05, 3.63) is 75.9 Å². The Morgan fingerprint density at radius 2 is 1.92 bits per heavy atom. The third kappa shape index (κ3) is 2.93. The molecule has 0 unspecified atom stereocenters. The maximum atomic E-state index is 11.1. The minimum Gasteiger partial charge on any atom is -0.493 e. The second-order valence-corrected chi connectivity index (χ2v) is 6.34. The number of hydrogen-bond donors (Lipinski definition) is 1. The highest BCUT2D eigenvalue weighted by Crippen LogP contribution is 2.39. The number of rotatable bonds is 5. The van der Waals surface area contributed by atoms with Crippen molar-refractivity contribution in [3.8, 4) is 5.88 Å². The molecular weight excluding hydrogens is 354 g/mol. The van der Waals surface area contributed by atoms with Crippen LogP contribution in [0.3, 0.4) is 0 Å². The lowest BCUT2D eigenvalue weighted by Crippen LogP contribution is -2.00. The number of nitrogens with zero attached hydrogens (tertiary/aromatic N) is 5. The normalized spacial score (nSPS) is 11.1. The Bertz CT molecular complexity index is 1090. The molecule has 0 saturated carbocycles. The molecule has 0 radical (unpaired) electrons. The molecule has 0 saturated heterocycles. The van der Waals surface area contributed by atoms with Crippen LogP contribution in [-0.4, -0.2) is 24.7 Å². The first-order chi connectivity index (χ1) is 12.7. The van der Waals surface area contributed by atoms with Crippen molar-refractivity contribution >= 4 is 28.2 Å². The van der Waals surface area contributed by atoms with Gasteiger partial charge in [0.25, 0.3) is 0 Å². The summed E-state index contributed by atoms with van der Waals surface area (Å²) in [5.74, 6) is -0.213. The Hall–Kier alpha value is -3.19. The summed E-state index contributed by atoms with van der Waals surface area (Å²) in [6.45, 7) is 0.858. The summed E-state index contributed by atoms with van der Waals surface area (Å²) in [5.41, 5.74) is 2.39. The van der Waals surface area contributed by atoms with Crippen LogP contribution >= 0.6 is 11.6 Å². The van der Waals surface area contributed by atoms with Crippen LogP contribution in [0.5, 0.6) is 5.88 Å². The van der Waals surface area contributed by atoms with Gasteiger partial charge in [0.15, 0.2) is 5.69 Å². The van der Waals surface area contributed by atoms with E-state index in [-0.39, 0.29) is 18.1 Å². The molecule has 0 aliphatic carbocycles. The van der Waals surface area contributed by atoms with Crippen molar-refractivity contribution in [1.29, 1.82) is 0 Å². The lowest BCUT2D eigenvalue weighted by Gasteiger charge is -2.04. The Kier molecular flexibility index (Phi) is 4.14. The van der Waals surface area contributed by atoms with Crippen LogP contribution in [0.25, 0.3) is 10.9 Å². The van der Waals surface area contributed by atoms with E-state index in [1.807, 2.05) is 36.5 Å². The molecule has 2 aromatic carbocycles. The number of aromatic hydroxyl groups is 1. The summed E-state index contributed by atoms with van der Waals surface area (Å²) in [4.78, 5) is 11.1. The quantitative estimate of drug-likeness (QED) is 0.538. The molecule has 2 aromatic heterocycles. The van der Waals surface area contributed by atoms with Crippen molar-refractivity contribution < 1.29 is 5.11 Å². The van der Waals surface area contributed by atoms with Gasteiger partial charge in [0.2, 0.25) is 5.88 Å². The molecule has 0 aliphatic heterocycles. The highest BCUT2D eigenvalue weighted by Gasteiger charge is 2.19. The molecule has 0 aliphatic rings. The van der Waals surface area contributed by atoms with Gasteiger partial charge in [-0.2, -0.15) is 0 Å². The van der Waals surface area contributed by atoms with E-state index in [1.165, 1.54) is 0 Å². The lowest BCUT2D eigenvalue weighted by molar-refractivity contribution is 0.429. The average Bonchev–Trinajstić information content (AvgIpc) is 3.18. The fraction of sp³-hybridized carbons (Fsp3) is 0.111. The number of hydrogen-bond acceptors (Lipinski definition) is 5. The molecule has 8 heteroatoms. The Morgan fingerprint density at radius 1 is 1.12 bits per heavy atom. The van der Waals surface area contributed by atoms with Gasteiger partial charge in [0, 0.05) is 10.4 Å². The van der Waals surface area contributed by atoms with E-state index in [4.69, 9.17) is 11.6 Å². The molecule has 0 atom stereocenters. The Labute approximate surface area is 153 Å². The Morgan fingerprint density at radius 3 is 2.69 bits per heavy atom. The van der Waals surface area contributed by atoms with Crippen LogP contribution in [-0.2, 0) is 13.1 Å². The molecule has 26 heavy (non-hydrogen) atoms. The number of nitroso groups, excluding NO2 is 1. The van der Waals surface area contributed by atoms with Crippen molar-refractivity contribution in [2.24, 2.45) is 5.18 Å². The molecular formula is C18H14ClN5O2. The fourth-order valence-corrected chi connectivity index (χ4v) is 3.14. The average molecular weight is 368 g/mol. The van der Waals surface area contributed by atoms with Gasteiger partial charge in [-0.25, -0.2) is 4.68 Å². The second kappa shape index (κ2) is 6.61. The summed E-state index contributed by atoms with van der Waals surface area (Å²) < 4.78 is 3.29. The SMILES string of the molecule is O=Nc1c(O)n(Cc2cn(Cc3ccccc3)nn2)c2ccc(Cl)cc12. The van der Waals surface area contributed by atoms with E-state index >= 15 is 0 Å². The van der Waals surface area contributed by atoms with E-state index in [2.05, 4.69) is 15.5 Å². The monoisotopic (exact) mass is 367 g/mol. The van der Waals surface area contributed by atoms with Gasteiger partial charge >= 0.3 is 0 Å². The fourth-order valence-electron chi connectivity index (χ4n) is 2.97. The van der Waals surface area contributed by atoms with Crippen molar-refractivity contribution in [2.75, 3.05) is 0 Å². The maximum absolute atomic E-state index is 11.1. The van der Waals surface area contributed by atoms with E-state index < -0.39 is 0 Å². The molecule has 2 heterocycles. The van der Waals surface area contributed by atoms with Crippen LogP contribution in [0.4, 0.5) is 5.69 Å². The lowest BCUT2D eigenvalue weighted by atomic mass is 10.2. The highest BCUT2D eigenvalue weighted by molar-refractivity contribution is 6.31. The summed E-state index contributed by atoms with van der Waals surface area (Å²) in [7, 11) is 0. The molecule has 7 nitrogen and oxygen atoms in total. The second-order valence-electron chi connectivity index (χ2n) is 5.90. The largest absolute Gasteiger partial charge is 0.493 e. The van der Waals surface area contributed by atoms with Crippen LogP contribution in [0.15, 0.2) is 59.9 Å². The molecule has 0 fully saturated rings. The van der Waals surface area contributed by atoms with Crippen molar-refractivity contribution in [2.45, 2.75) is 13.1 Å². The van der Waals surface area contributed by atoms with Crippen LogP contribution in [0.1, 0.15) is 11.3 Å². The number of halogens is 1. The van der Waals surface area contributed by atoms with Gasteiger partial charge in [-0.1, -0.05) is 47.1 Å². The van der Waals surface area contributed by atoms with Crippen molar-refractivity contribution in [3.63, 3.8) is 0 Å². The van der Waals surface area contributed by atoms with E-state index in [0.717, 1.165) is 5.56 Å². The summed E-state index contributed by atoms with van der Waals surface area (Å²) in [6.07, 6.45) is 1.81. The predicted octanol–water partition coefficient (Wildman–Crippen LogP) is 4.09. The maximum Gasteiger partial charge on any atom is 0.222 e. The number of benzene rings is 2. The zero-order valence-corrected chi connectivity index (χ0v) is 14.3. The standard InChI is InChI=1S/C18H14ClN5O2/c19-13-6-7-16-15(8-13)17(21-26)18(25)24(16)11-14-10-23(22-20-14)9-12-4-2-1-3-5-12/h1-8,10,25H,9,11H2. The first-order valence-corrected chi connectivity index (χ1v) is 8.30. The molecule has 4 aromatic rings. The molecule has 0 amide bonds. The van der Waals surface area contributed by atoms with Gasteiger partial charge < -0.3 is 9.67 Å². The number of fused-ring (bicyclic) bond motifs is 1. The summed E-state index contributed by atoms with van der Waals surface area (Å²) >= 11 is 5.99. The molecule has 1 N–H and O–H groups in total. The van der Waals surface area contributed by atoms with Gasteiger partial charge in [-0.05, 0) is 28.9 Å². The summed E-state index contributed by atoms with van der Waals surface area (Å²) in [5, 5.41) is 22.6. The molecule has 130 valence electrons. The minimum absolute atomic E-state index is 0.0285. The number of aromatic nitrogens is 4. The van der Waals surface area contributed by atoms with Gasteiger partial charge in [-0.15, -0.1) is 10.0 Å². The molecule has 0 bridgehead atoms. The highest BCUT2D eigenvalue weighted by atomic mass is 35.5.